The Bertz CT molecular complexity index is 1010. The van der Waals surface area contributed by atoms with Gasteiger partial charge in [0.15, 0.2) is 5.78 Å². The quantitative estimate of drug-likeness (QED) is 0.206. The Balaban J connectivity index is 1.07. The molecule has 0 heterocycles. The molecule has 3 fully saturated rings. The van der Waals surface area contributed by atoms with Gasteiger partial charge in [0.2, 0.25) is 0 Å². The summed E-state index contributed by atoms with van der Waals surface area (Å²) in [5.41, 5.74) is 4.29. The van der Waals surface area contributed by atoms with E-state index in [-0.39, 0.29) is 5.78 Å². The molecule has 2 spiro atoms. The molecular weight excluding hydrogens is 515 g/mol. The molecule has 230 valence electrons. The number of hydrogen-bond donors (Lipinski definition) is 0. The van der Waals surface area contributed by atoms with Crippen LogP contribution in [0.4, 0.5) is 4.39 Å². The number of rotatable bonds is 14. The number of unbranched alkanes of at least 4 members (excludes halogenated alkanes) is 8. The van der Waals surface area contributed by atoms with Gasteiger partial charge in [-0.1, -0.05) is 114 Å². The first-order valence-electron chi connectivity index (χ1n) is 17.9. The maximum absolute atomic E-state index is 16.2. The van der Waals surface area contributed by atoms with Crippen LogP contribution >= 0.6 is 0 Å². The summed E-state index contributed by atoms with van der Waals surface area (Å²) in [6.45, 7) is 4.53. The highest BCUT2D eigenvalue weighted by atomic mass is 19.1. The van der Waals surface area contributed by atoms with Gasteiger partial charge in [-0.2, -0.15) is 0 Å². The standard InChI is InChI=1S/C40H57FO/c1-3-5-7-9-11-13-31-15-19-33(20-16-31)35-23-27-39(28-24-35)37(41)40(38(39)42)29-25-36(26-30-40)34-21-17-32(18-22-34)14-12-10-8-6-4-2/h15-22,35-37H,3-14,23-30H2,1-2H3. The highest BCUT2D eigenvalue weighted by molar-refractivity contribution is 5.98. The first kappa shape index (κ1) is 31.5. The molecule has 0 amide bonds. The SMILES string of the molecule is CCCCCCCc1ccc(C2CCC3(CC2)C(=O)C2(CCC(c4ccc(CCCCCCC)cc4)CC2)C3F)cc1. The fourth-order valence-corrected chi connectivity index (χ4v) is 8.85. The van der Waals surface area contributed by atoms with E-state index in [2.05, 4.69) is 62.4 Å². The summed E-state index contributed by atoms with van der Waals surface area (Å²) in [4.78, 5) is 13.8. The predicted octanol–water partition coefficient (Wildman–Crippen LogP) is 11.6. The fourth-order valence-electron chi connectivity index (χ4n) is 8.85. The summed E-state index contributed by atoms with van der Waals surface area (Å²) in [5, 5.41) is 0. The minimum absolute atomic E-state index is 0.288. The second kappa shape index (κ2) is 14.7. The van der Waals surface area contributed by atoms with Gasteiger partial charge in [-0.25, -0.2) is 4.39 Å². The van der Waals surface area contributed by atoms with Gasteiger partial charge in [0.25, 0.3) is 0 Å². The van der Waals surface area contributed by atoms with Gasteiger partial charge in [-0.15, -0.1) is 0 Å². The molecule has 3 aliphatic carbocycles. The van der Waals surface area contributed by atoms with Crippen molar-refractivity contribution in [3.05, 3.63) is 70.8 Å². The van der Waals surface area contributed by atoms with Crippen molar-refractivity contribution in [1.29, 1.82) is 0 Å². The summed E-state index contributed by atoms with van der Waals surface area (Å²) in [7, 11) is 0. The minimum atomic E-state index is -0.940. The third kappa shape index (κ3) is 6.73. The summed E-state index contributed by atoms with van der Waals surface area (Å²) in [6, 6.07) is 18.5. The minimum Gasteiger partial charge on any atom is -0.298 e. The molecular formula is C40H57FO. The fraction of sp³-hybridized carbons (Fsp3) is 0.675. The summed E-state index contributed by atoms with van der Waals surface area (Å²) < 4.78 is 16.2. The zero-order valence-corrected chi connectivity index (χ0v) is 26.8. The molecule has 0 saturated heterocycles. The van der Waals surface area contributed by atoms with Crippen LogP contribution in [0.25, 0.3) is 0 Å². The van der Waals surface area contributed by atoms with E-state index < -0.39 is 17.0 Å². The van der Waals surface area contributed by atoms with E-state index in [1.165, 1.54) is 99.3 Å². The van der Waals surface area contributed by atoms with E-state index in [0.717, 1.165) is 51.4 Å². The molecule has 0 atom stereocenters. The molecule has 0 bridgehead atoms. The van der Waals surface area contributed by atoms with Crippen LogP contribution in [-0.4, -0.2) is 12.0 Å². The number of carbonyl (C=O) groups excluding carboxylic acids is 1. The van der Waals surface area contributed by atoms with E-state index in [0.29, 0.717) is 11.8 Å². The summed E-state index contributed by atoms with van der Waals surface area (Å²) >= 11 is 0. The monoisotopic (exact) mass is 572 g/mol. The van der Waals surface area contributed by atoms with Gasteiger partial charge in [-0.3, -0.25) is 4.79 Å². The second-order valence-electron chi connectivity index (χ2n) is 14.4. The molecule has 1 nitrogen and oxygen atoms in total. The van der Waals surface area contributed by atoms with Crippen LogP contribution in [0.3, 0.4) is 0 Å². The number of hydrogen-bond acceptors (Lipinski definition) is 1. The van der Waals surface area contributed by atoms with Crippen LogP contribution in [0, 0.1) is 10.8 Å². The van der Waals surface area contributed by atoms with E-state index >= 15 is 4.39 Å². The van der Waals surface area contributed by atoms with Crippen molar-refractivity contribution in [3.63, 3.8) is 0 Å². The zero-order valence-electron chi connectivity index (χ0n) is 26.8. The average molecular weight is 573 g/mol. The largest absolute Gasteiger partial charge is 0.298 e. The van der Waals surface area contributed by atoms with Gasteiger partial charge in [0.1, 0.15) is 6.17 Å². The molecule has 3 saturated carbocycles. The van der Waals surface area contributed by atoms with Crippen LogP contribution in [0.1, 0.15) is 164 Å². The second-order valence-corrected chi connectivity index (χ2v) is 14.4. The lowest BCUT2D eigenvalue weighted by Crippen LogP contribution is -2.69. The molecule has 5 rings (SSSR count). The molecule has 0 aromatic heterocycles. The maximum atomic E-state index is 16.2. The molecule has 0 aliphatic heterocycles. The lowest BCUT2D eigenvalue weighted by atomic mass is 9.41. The van der Waals surface area contributed by atoms with Crippen LogP contribution in [-0.2, 0) is 17.6 Å². The zero-order chi connectivity index (χ0) is 29.4. The normalized spacial score (nSPS) is 29.2. The van der Waals surface area contributed by atoms with Crippen LogP contribution in [0.15, 0.2) is 48.5 Å². The van der Waals surface area contributed by atoms with Gasteiger partial charge in [0, 0.05) is 0 Å². The Kier molecular flexibility index (Phi) is 11.0. The highest BCUT2D eigenvalue weighted by Crippen LogP contribution is 2.66. The van der Waals surface area contributed by atoms with E-state index in [1.54, 1.807) is 0 Å². The maximum Gasteiger partial charge on any atom is 0.151 e. The number of carbonyl (C=O) groups is 1. The number of ketones is 1. The van der Waals surface area contributed by atoms with Crippen molar-refractivity contribution < 1.29 is 9.18 Å². The Hall–Kier alpha value is -1.96. The van der Waals surface area contributed by atoms with Crippen LogP contribution in [0.5, 0.6) is 0 Å². The summed E-state index contributed by atoms with van der Waals surface area (Å²) in [6.07, 6.45) is 21.3. The third-order valence-electron chi connectivity index (χ3n) is 11.7. The molecule has 2 aromatic rings. The van der Waals surface area contributed by atoms with Gasteiger partial charge in [0.05, 0.1) is 10.8 Å². The van der Waals surface area contributed by atoms with Gasteiger partial charge < -0.3 is 0 Å². The van der Waals surface area contributed by atoms with Crippen molar-refractivity contribution in [2.24, 2.45) is 10.8 Å². The van der Waals surface area contributed by atoms with Crippen molar-refractivity contribution in [1.82, 2.24) is 0 Å². The van der Waals surface area contributed by atoms with Crippen molar-refractivity contribution in [2.45, 2.75) is 160 Å². The smallest absolute Gasteiger partial charge is 0.151 e. The first-order chi connectivity index (χ1) is 20.5. The summed E-state index contributed by atoms with van der Waals surface area (Å²) in [5.74, 6) is 1.23. The van der Waals surface area contributed by atoms with Crippen LogP contribution < -0.4 is 0 Å². The molecule has 42 heavy (non-hydrogen) atoms. The Morgan fingerprint density at radius 2 is 0.929 bits per heavy atom. The number of halogens is 1. The Morgan fingerprint density at radius 3 is 1.26 bits per heavy atom. The first-order valence-corrected chi connectivity index (χ1v) is 17.9. The number of aryl methyl sites for hydroxylation is 2. The van der Waals surface area contributed by atoms with Crippen molar-refractivity contribution in [3.8, 4) is 0 Å². The van der Waals surface area contributed by atoms with Gasteiger partial charge >= 0.3 is 0 Å². The van der Waals surface area contributed by atoms with E-state index in [4.69, 9.17) is 0 Å². The van der Waals surface area contributed by atoms with Crippen molar-refractivity contribution >= 4 is 5.78 Å². The van der Waals surface area contributed by atoms with E-state index in [9.17, 15) is 4.79 Å². The molecule has 0 radical (unpaired) electrons. The van der Waals surface area contributed by atoms with Gasteiger partial charge in [-0.05, 0) is 111 Å². The van der Waals surface area contributed by atoms with Crippen molar-refractivity contribution in [2.75, 3.05) is 0 Å². The number of alkyl halides is 1. The highest BCUT2D eigenvalue weighted by Gasteiger charge is 2.71. The lowest BCUT2D eigenvalue weighted by Gasteiger charge is -2.61. The van der Waals surface area contributed by atoms with E-state index in [1.807, 2.05) is 0 Å². The molecule has 2 aromatic carbocycles. The number of Topliss-reactive ketones (excluding diaryl/α,β-unsaturated/α-hetero) is 1. The lowest BCUT2D eigenvalue weighted by molar-refractivity contribution is -0.191. The number of benzene rings is 2. The topological polar surface area (TPSA) is 17.1 Å². The molecule has 0 unspecified atom stereocenters. The predicted molar refractivity (Wildman–Crippen MR) is 175 cm³/mol. The molecule has 0 N–H and O–H groups in total. The molecule has 3 aliphatic rings. The Labute approximate surface area is 256 Å². The third-order valence-corrected chi connectivity index (χ3v) is 11.7. The van der Waals surface area contributed by atoms with Crippen LogP contribution in [0.2, 0.25) is 0 Å². The molecule has 2 heteroatoms. The average Bonchev–Trinajstić information content (AvgIpc) is 3.05. The Morgan fingerprint density at radius 1 is 0.571 bits per heavy atom.